The van der Waals surface area contributed by atoms with Gasteiger partial charge < -0.3 is 19.5 Å². The molecule has 1 heterocycles. The monoisotopic (exact) mass is 437 g/mol. The predicted molar refractivity (Wildman–Crippen MR) is 124 cm³/mol. The third kappa shape index (κ3) is 4.22. The van der Waals surface area contributed by atoms with E-state index in [2.05, 4.69) is 6.92 Å². The lowest BCUT2D eigenvalue weighted by Gasteiger charge is -2.26. The minimum absolute atomic E-state index is 0.0867. The largest absolute Gasteiger partial charge is 0.507 e. The van der Waals surface area contributed by atoms with Crippen LogP contribution in [0.5, 0.6) is 11.5 Å². The number of aliphatic hydroxyl groups is 1. The number of carbonyl (C=O) groups is 2. The molecule has 0 aromatic heterocycles. The molecule has 0 saturated carbocycles. The van der Waals surface area contributed by atoms with Crippen molar-refractivity contribution in [3.05, 3.63) is 64.2 Å². The first-order valence-electron chi connectivity index (χ1n) is 10.9. The Hall–Kier alpha value is -3.28. The van der Waals surface area contributed by atoms with E-state index in [0.29, 0.717) is 29.2 Å². The maximum Gasteiger partial charge on any atom is 0.295 e. The fraction of sp³-hybridized carbons (Fsp3) is 0.385. The number of hydrogen-bond acceptors (Lipinski definition) is 5. The number of amides is 1. The highest BCUT2D eigenvalue weighted by molar-refractivity contribution is 6.46. The Kier molecular flexibility index (Phi) is 7.23. The molecule has 2 aromatic rings. The number of para-hydroxylation sites is 1. The summed E-state index contributed by atoms with van der Waals surface area (Å²) in [4.78, 5) is 27.8. The molecule has 6 nitrogen and oxygen atoms in total. The Morgan fingerprint density at radius 2 is 1.69 bits per heavy atom. The fourth-order valence-corrected chi connectivity index (χ4v) is 4.27. The van der Waals surface area contributed by atoms with Gasteiger partial charge in [-0.05, 0) is 49.6 Å². The van der Waals surface area contributed by atoms with E-state index in [9.17, 15) is 14.7 Å². The molecule has 0 spiro atoms. The molecule has 1 unspecified atom stereocenters. The third-order valence-electron chi connectivity index (χ3n) is 5.97. The lowest BCUT2D eigenvalue weighted by molar-refractivity contribution is -0.139. The molecular weight excluding hydrogens is 406 g/mol. The van der Waals surface area contributed by atoms with Crippen LogP contribution in [0.3, 0.4) is 0 Å². The second-order valence-electron chi connectivity index (χ2n) is 8.08. The second-order valence-corrected chi connectivity index (χ2v) is 8.08. The highest BCUT2D eigenvalue weighted by Crippen LogP contribution is 2.43. The molecular formula is C26H31NO5. The summed E-state index contributed by atoms with van der Waals surface area (Å²) in [6, 6.07) is 10.2. The minimum atomic E-state index is -0.718. The van der Waals surface area contributed by atoms with E-state index < -0.39 is 17.7 Å². The first-order valence-corrected chi connectivity index (χ1v) is 10.9. The Bertz CT molecular complexity index is 1060. The third-order valence-corrected chi connectivity index (χ3v) is 5.97. The molecule has 0 radical (unpaired) electrons. The topological polar surface area (TPSA) is 76.1 Å². The maximum atomic E-state index is 13.2. The highest BCUT2D eigenvalue weighted by Gasteiger charge is 2.46. The van der Waals surface area contributed by atoms with Crippen LogP contribution < -0.4 is 9.47 Å². The molecule has 2 aromatic carbocycles. The van der Waals surface area contributed by atoms with Crippen molar-refractivity contribution in [2.24, 2.45) is 0 Å². The van der Waals surface area contributed by atoms with Gasteiger partial charge in [-0.1, -0.05) is 38.0 Å². The normalized spacial score (nSPS) is 17.7. The average Bonchev–Trinajstić information content (AvgIpc) is 3.04. The summed E-state index contributed by atoms with van der Waals surface area (Å²) in [5.74, 6) is -0.196. The number of likely N-dealkylation sites (tertiary alicyclic amines) is 1. The van der Waals surface area contributed by atoms with Crippen molar-refractivity contribution in [1.82, 2.24) is 4.90 Å². The Morgan fingerprint density at radius 1 is 1.00 bits per heavy atom. The smallest absolute Gasteiger partial charge is 0.295 e. The lowest BCUT2D eigenvalue weighted by atomic mass is 9.92. The van der Waals surface area contributed by atoms with Gasteiger partial charge in [-0.2, -0.15) is 0 Å². The zero-order chi connectivity index (χ0) is 23.4. The van der Waals surface area contributed by atoms with Crippen molar-refractivity contribution in [1.29, 1.82) is 0 Å². The minimum Gasteiger partial charge on any atom is -0.507 e. The van der Waals surface area contributed by atoms with E-state index in [-0.39, 0.29) is 11.3 Å². The van der Waals surface area contributed by atoms with Gasteiger partial charge in [0, 0.05) is 17.7 Å². The van der Waals surface area contributed by atoms with Crippen LogP contribution in [0.25, 0.3) is 5.76 Å². The van der Waals surface area contributed by atoms with Gasteiger partial charge in [-0.15, -0.1) is 0 Å². The zero-order valence-corrected chi connectivity index (χ0v) is 19.4. The van der Waals surface area contributed by atoms with Gasteiger partial charge in [0.25, 0.3) is 11.7 Å². The summed E-state index contributed by atoms with van der Waals surface area (Å²) in [7, 11) is 3.14. The van der Waals surface area contributed by atoms with Gasteiger partial charge in [-0.3, -0.25) is 9.59 Å². The molecule has 1 aliphatic rings. The van der Waals surface area contributed by atoms with Gasteiger partial charge >= 0.3 is 0 Å². The van der Waals surface area contributed by atoms with Crippen LogP contribution in [0.4, 0.5) is 0 Å². The van der Waals surface area contributed by atoms with Crippen molar-refractivity contribution in [2.75, 3.05) is 20.8 Å². The molecule has 1 saturated heterocycles. The van der Waals surface area contributed by atoms with Crippen molar-refractivity contribution < 1.29 is 24.2 Å². The maximum absolute atomic E-state index is 13.2. The highest BCUT2D eigenvalue weighted by atomic mass is 16.5. The van der Waals surface area contributed by atoms with Crippen LogP contribution in [0.15, 0.2) is 42.0 Å². The number of Topliss-reactive ketones (excluding diaryl/α,β-unsaturated/α-hetero) is 1. The van der Waals surface area contributed by atoms with Gasteiger partial charge in [-0.25, -0.2) is 0 Å². The number of carbonyl (C=O) groups excluding carboxylic acids is 2. The number of rotatable bonds is 8. The van der Waals surface area contributed by atoms with Crippen LogP contribution in [0, 0.1) is 13.8 Å². The van der Waals surface area contributed by atoms with Crippen LogP contribution >= 0.6 is 0 Å². The first-order chi connectivity index (χ1) is 15.3. The second kappa shape index (κ2) is 9.90. The molecule has 170 valence electrons. The molecule has 1 amide bonds. The van der Waals surface area contributed by atoms with Crippen LogP contribution in [0.2, 0.25) is 0 Å². The van der Waals surface area contributed by atoms with Crippen molar-refractivity contribution >= 4 is 17.4 Å². The zero-order valence-electron chi connectivity index (χ0n) is 19.4. The number of ether oxygens (including phenoxy) is 2. The quantitative estimate of drug-likeness (QED) is 0.274. The number of methoxy groups -OCH3 is 2. The van der Waals surface area contributed by atoms with E-state index >= 15 is 0 Å². The molecule has 1 fully saturated rings. The first kappa shape index (κ1) is 23.4. The molecule has 32 heavy (non-hydrogen) atoms. The van der Waals surface area contributed by atoms with Gasteiger partial charge in [0.2, 0.25) is 0 Å². The Balaban J connectivity index is 2.22. The van der Waals surface area contributed by atoms with E-state index in [4.69, 9.17) is 9.47 Å². The Morgan fingerprint density at radius 3 is 2.34 bits per heavy atom. The van der Waals surface area contributed by atoms with Gasteiger partial charge in [0.05, 0.1) is 25.8 Å². The fourth-order valence-electron chi connectivity index (χ4n) is 4.27. The summed E-state index contributed by atoms with van der Waals surface area (Å²) in [6.07, 6.45) is 2.71. The number of ketones is 1. The van der Waals surface area contributed by atoms with Crippen molar-refractivity contribution in [3.8, 4) is 11.5 Å². The molecule has 0 aliphatic carbocycles. The van der Waals surface area contributed by atoms with Crippen molar-refractivity contribution in [3.63, 3.8) is 0 Å². The van der Waals surface area contributed by atoms with E-state index in [1.165, 1.54) is 0 Å². The lowest BCUT2D eigenvalue weighted by Crippen LogP contribution is -2.30. The molecule has 1 N–H and O–H groups in total. The molecule has 1 aliphatic heterocycles. The van der Waals surface area contributed by atoms with E-state index in [0.717, 1.165) is 30.4 Å². The predicted octanol–water partition coefficient (Wildman–Crippen LogP) is 4.93. The number of unbranched alkanes of at least 4 members (excludes halogenated alkanes) is 2. The average molecular weight is 438 g/mol. The number of aliphatic hydroxyl groups excluding tert-OH is 1. The number of aryl methyl sites for hydroxylation is 2. The summed E-state index contributed by atoms with van der Waals surface area (Å²) in [6.45, 7) is 6.22. The van der Waals surface area contributed by atoms with Crippen molar-refractivity contribution in [2.45, 2.75) is 46.1 Å². The van der Waals surface area contributed by atoms with Crippen LogP contribution in [0.1, 0.15) is 54.5 Å². The summed E-state index contributed by atoms with van der Waals surface area (Å²) in [5.41, 5.74) is 2.85. The number of benzene rings is 2. The van der Waals surface area contributed by atoms with Gasteiger partial charge in [0.1, 0.15) is 17.3 Å². The Labute approximate surface area is 189 Å². The van der Waals surface area contributed by atoms with E-state index in [1.54, 1.807) is 31.3 Å². The van der Waals surface area contributed by atoms with E-state index in [1.807, 2.05) is 38.1 Å². The summed E-state index contributed by atoms with van der Waals surface area (Å²) < 4.78 is 10.9. The summed E-state index contributed by atoms with van der Waals surface area (Å²) >= 11 is 0. The van der Waals surface area contributed by atoms with Crippen LogP contribution in [-0.4, -0.2) is 42.5 Å². The standard InChI is InChI=1S/C26H31NO5/c1-6-7-10-13-27-23(18-11-8-9-12-20(18)31-4)22(25(29)26(27)30)24(28)19-14-17(3)21(32-5)15-16(19)2/h8-9,11-12,14-15,23,28H,6-7,10,13H2,1-5H3/b24-22+. The van der Waals surface area contributed by atoms with Gasteiger partial charge in [0.15, 0.2) is 0 Å². The summed E-state index contributed by atoms with van der Waals surface area (Å²) in [5, 5.41) is 11.4. The van der Waals surface area contributed by atoms with Crippen LogP contribution in [-0.2, 0) is 9.59 Å². The molecule has 6 heteroatoms. The molecule has 3 rings (SSSR count). The molecule has 1 atom stereocenters. The number of hydrogen-bond donors (Lipinski definition) is 1. The number of nitrogens with zero attached hydrogens (tertiary/aromatic N) is 1. The SMILES string of the molecule is CCCCCN1C(=O)C(=O)/C(=C(/O)c2cc(C)c(OC)cc2C)C1c1ccccc1OC. The molecule has 0 bridgehead atoms.